The predicted octanol–water partition coefficient (Wildman–Crippen LogP) is 4.99. The van der Waals surface area contributed by atoms with E-state index in [1.165, 1.54) is 10.8 Å². The lowest BCUT2D eigenvalue weighted by atomic mass is 9.78. The number of aromatic amines is 1. The fourth-order valence-corrected chi connectivity index (χ4v) is 5.62. The Bertz CT molecular complexity index is 1340. The van der Waals surface area contributed by atoms with E-state index < -0.39 is 48.1 Å². The third-order valence-electron chi connectivity index (χ3n) is 6.45. The molecule has 0 aliphatic carbocycles. The van der Waals surface area contributed by atoms with Gasteiger partial charge in [0.25, 0.3) is 5.56 Å². The van der Waals surface area contributed by atoms with Crippen LogP contribution in [0.4, 0.5) is 4.39 Å². The number of halogens is 1. The second-order valence-corrected chi connectivity index (χ2v) is 13.1. The Morgan fingerprint density at radius 1 is 1.14 bits per heavy atom. The van der Waals surface area contributed by atoms with Crippen molar-refractivity contribution in [1.82, 2.24) is 9.55 Å². The van der Waals surface area contributed by atoms with E-state index in [0.29, 0.717) is 24.0 Å². The molecule has 11 heteroatoms. The summed E-state index contributed by atoms with van der Waals surface area (Å²) in [6.07, 6.45) is 1.42. The highest BCUT2D eigenvalue weighted by Crippen LogP contribution is 2.58. The number of aromatic nitrogens is 2. The molecule has 1 fully saturated rings. The first-order valence-corrected chi connectivity index (χ1v) is 13.5. The van der Waals surface area contributed by atoms with Crippen molar-refractivity contribution in [2.75, 3.05) is 6.61 Å². The fraction of sp³-hybridized carbons (Fsp3) is 0.600. The molecule has 2 aromatic rings. The van der Waals surface area contributed by atoms with Gasteiger partial charge < -0.3 is 9.26 Å². The van der Waals surface area contributed by atoms with Crippen molar-refractivity contribution in [3.05, 3.63) is 61.2 Å². The van der Waals surface area contributed by atoms with Gasteiger partial charge in [-0.25, -0.2) is 13.8 Å². The largest absolute Gasteiger partial charge is 0.530 e. The van der Waals surface area contributed by atoms with E-state index in [1.807, 2.05) is 41.5 Å². The Balaban J connectivity index is 1.52. The molecule has 9 nitrogen and oxygen atoms in total. The molecule has 198 valence electrons. The van der Waals surface area contributed by atoms with Crippen LogP contribution in [-0.4, -0.2) is 22.3 Å². The van der Waals surface area contributed by atoms with Crippen LogP contribution in [0.3, 0.4) is 0 Å². The zero-order valence-electron chi connectivity index (χ0n) is 21.8. The zero-order chi connectivity index (χ0) is 26.6. The number of aryl methyl sites for hydroxylation is 1. The van der Waals surface area contributed by atoms with Gasteiger partial charge in [-0.15, -0.1) is 0 Å². The normalized spacial score (nSPS) is 24.4. The standard InChI is InChI=1S/C25H34FN2O7P/c1-14-11-28(23(30)27-22(14)29)19-9-8-15(34-19)12-32-36(31)33-13-16-20(26)17(24(2,3)4)10-18(21(16)35-36)25(5,6)7/h10-11,15,19H,8-9,12-13H2,1-7H3,(H,27,29,30). The van der Waals surface area contributed by atoms with Crippen molar-refractivity contribution in [2.45, 2.75) is 91.1 Å². The van der Waals surface area contributed by atoms with Crippen molar-refractivity contribution in [3.63, 3.8) is 0 Å². The van der Waals surface area contributed by atoms with Crippen LogP contribution in [0.25, 0.3) is 0 Å². The number of phosphoric acid groups is 1. The van der Waals surface area contributed by atoms with Crippen LogP contribution in [0.2, 0.25) is 0 Å². The number of nitrogens with one attached hydrogen (secondary N) is 1. The van der Waals surface area contributed by atoms with Gasteiger partial charge in [0.1, 0.15) is 17.8 Å². The molecule has 1 aromatic carbocycles. The Morgan fingerprint density at radius 2 is 1.81 bits per heavy atom. The van der Waals surface area contributed by atoms with Crippen molar-refractivity contribution in [3.8, 4) is 5.75 Å². The highest BCUT2D eigenvalue weighted by atomic mass is 31.2. The molecule has 3 heterocycles. The van der Waals surface area contributed by atoms with E-state index in [1.54, 1.807) is 13.0 Å². The fourth-order valence-electron chi connectivity index (χ4n) is 4.37. The third-order valence-corrected chi connectivity index (χ3v) is 7.77. The smallest absolute Gasteiger partial charge is 0.403 e. The average Bonchev–Trinajstić information content (AvgIpc) is 3.22. The molecule has 1 N–H and O–H groups in total. The molecule has 2 aliphatic heterocycles. The van der Waals surface area contributed by atoms with Crippen molar-refractivity contribution < 1.29 is 27.3 Å². The molecule has 36 heavy (non-hydrogen) atoms. The van der Waals surface area contributed by atoms with E-state index >= 15 is 4.39 Å². The van der Waals surface area contributed by atoms with Gasteiger partial charge >= 0.3 is 13.5 Å². The highest BCUT2D eigenvalue weighted by Gasteiger charge is 2.41. The molecule has 1 saturated heterocycles. The van der Waals surface area contributed by atoms with Gasteiger partial charge in [0.15, 0.2) is 0 Å². The first-order chi connectivity index (χ1) is 16.6. The van der Waals surface area contributed by atoms with Crippen LogP contribution in [0.5, 0.6) is 5.75 Å². The highest BCUT2D eigenvalue weighted by molar-refractivity contribution is 7.49. The second kappa shape index (κ2) is 9.24. The summed E-state index contributed by atoms with van der Waals surface area (Å²) in [5.41, 5.74) is 0.0131. The molecule has 3 unspecified atom stereocenters. The molecule has 0 bridgehead atoms. The summed E-state index contributed by atoms with van der Waals surface area (Å²) in [4.78, 5) is 26.1. The minimum atomic E-state index is -4.05. The molecule has 1 aromatic heterocycles. The number of benzene rings is 1. The molecule has 0 radical (unpaired) electrons. The minimum Gasteiger partial charge on any atom is -0.403 e. The number of hydrogen-bond acceptors (Lipinski definition) is 7. The quantitative estimate of drug-likeness (QED) is 0.561. The van der Waals surface area contributed by atoms with Gasteiger partial charge in [-0.05, 0) is 42.2 Å². The maximum Gasteiger partial charge on any atom is 0.530 e. The lowest BCUT2D eigenvalue weighted by Crippen LogP contribution is -2.33. The summed E-state index contributed by atoms with van der Waals surface area (Å²) in [6.45, 7) is 13.0. The molecule has 2 aliphatic rings. The minimum absolute atomic E-state index is 0.104. The van der Waals surface area contributed by atoms with Crippen LogP contribution in [0.15, 0.2) is 21.9 Å². The summed E-state index contributed by atoms with van der Waals surface area (Å²) in [7, 11) is -4.05. The van der Waals surface area contributed by atoms with Crippen molar-refractivity contribution in [1.29, 1.82) is 0 Å². The van der Waals surface area contributed by atoms with Crippen LogP contribution in [0, 0.1) is 12.7 Å². The summed E-state index contributed by atoms with van der Waals surface area (Å²) in [5, 5.41) is 0. The lowest BCUT2D eigenvalue weighted by molar-refractivity contribution is -0.0266. The van der Waals surface area contributed by atoms with Crippen molar-refractivity contribution in [2.24, 2.45) is 0 Å². The van der Waals surface area contributed by atoms with Crippen LogP contribution >= 0.6 is 7.82 Å². The van der Waals surface area contributed by atoms with Crippen LogP contribution < -0.4 is 15.8 Å². The summed E-state index contributed by atoms with van der Waals surface area (Å²) in [6, 6.07) is 1.78. The molecule has 0 amide bonds. The first-order valence-electron chi connectivity index (χ1n) is 12.0. The van der Waals surface area contributed by atoms with Gasteiger partial charge in [-0.3, -0.25) is 23.4 Å². The SMILES string of the molecule is Cc1cn(C2CCC(COP3(=O)OCc4c(F)c(C(C)(C)C)cc(C(C)(C)C)c4O3)O2)c(=O)[nH]c1=O. The predicted molar refractivity (Wildman–Crippen MR) is 132 cm³/mol. The van der Waals surface area contributed by atoms with E-state index in [2.05, 4.69) is 4.98 Å². The number of H-pyrrole nitrogens is 1. The Hall–Kier alpha value is -2.26. The third kappa shape index (κ3) is 5.23. The number of hydrogen-bond donors (Lipinski definition) is 1. The number of fused-ring (bicyclic) bond motifs is 1. The molecular weight excluding hydrogens is 490 g/mol. The lowest BCUT2D eigenvalue weighted by Gasteiger charge is -2.33. The maximum atomic E-state index is 15.4. The number of ether oxygens (including phenoxy) is 1. The molecule has 3 atom stereocenters. The number of rotatable bonds is 4. The summed E-state index contributed by atoms with van der Waals surface area (Å²) < 4.78 is 52.8. The number of nitrogens with zero attached hydrogens (tertiary/aromatic N) is 1. The Kier molecular flexibility index (Phi) is 6.88. The van der Waals surface area contributed by atoms with E-state index in [0.717, 1.165) is 5.56 Å². The van der Waals surface area contributed by atoms with Crippen LogP contribution in [0.1, 0.15) is 82.9 Å². The topological polar surface area (TPSA) is 109 Å². The van der Waals surface area contributed by atoms with Crippen LogP contribution in [-0.2, 0) is 35.8 Å². The van der Waals surface area contributed by atoms with Gasteiger partial charge in [0, 0.05) is 17.3 Å². The van der Waals surface area contributed by atoms with Gasteiger partial charge in [-0.1, -0.05) is 41.5 Å². The molecule has 0 saturated carbocycles. The molecule has 0 spiro atoms. The maximum absolute atomic E-state index is 15.4. The molecular formula is C25H34FN2O7P. The van der Waals surface area contributed by atoms with Crippen molar-refractivity contribution >= 4 is 7.82 Å². The second-order valence-electron chi connectivity index (χ2n) is 11.5. The van der Waals surface area contributed by atoms with Gasteiger partial charge in [-0.2, -0.15) is 0 Å². The monoisotopic (exact) mass is 524 g/mol. The first kappa shape index (κ1) is 26.8. The van der Waals surface area contributed by atoms with Gasteiger partial charge in [0.2, 0.25) is 0 Å². The summed E-state index contributed by atoms with van der Waals surface area (Å²) >= 11 is 0. The Labute approximate surface area is 209 Å². The zero-order valence-corrected chi connectivity index (χ0v) is 22.7. The Morgan fingerprint density at radius 3 is 2.44 bits per heavy atom. The summed E-state index contributed by atoms with van der Waals surface area (Å²) in [5.74, 6) is -0.233. The number of phosphoric ester groups is 1. The van der Waals surface area contributed by atoms with E-state index in [-0.39, 0.29) is 24.5 Å². The van der Waals surface area contributed by atoms with Gasteiger partial charge in [0.05, 0.1) is 24.9 Å². The van der Waals surface area contributed by atoms with E-state index in [9.17, 15) is 14.2 Å². The average molecular weight is 525 g/mol. The molecule has 4 rings (SSSR count). The van der Waals surface area contributed by atoms with E-state index in [4.69, 9.17) is 18.3 Å².